The first-order chi connectivity index (χ1) is 13.2. The van der Waals surface area contributed by atoms with Crippen molar-refractivity contribution in [3.05, 3.63) is 60.2 Å². The molecule has 6 nitrogen and oxygen atoms in total. The molecule has 1 amide bonds. The summed E-state index contributed by atoms with van der Waals surface area (Å²) in [5.74, 6) is 0.632. The summed E-state index contributed by atoms with van der Waals surface area (Å²) in [5, 5.41) is 0. The maximum absolute atomic E-state index is 12.6. The van der Waals surface area contributed by atoms with Crippen LogP contribution >= 0.6 is 0 Å². The van der Waals surface area contributed by atoms with Gasteiger partial charge in [-0.25, -0.2) is 0 Å². The number of piperidine rings is 1. The SMILES string of the molecule is CN1CCC(COCc2ccccn2)CC12CN(C(=O)c1ccncc1)C2. The Morgan fingerprint density at radius 2 is 2.04 bits per heavy atom. The molecular weight excluding hydrogens is 340 g/mol. The maximum atomic E-state index is 12.6. The second-order valence-corrected chi connectivity index (χ2v) is 7.74. The van der Waals surface area contributed by atoms with Crippen LogP contribution in [0.15, 0.2) is 48.9 Å². The van der Waals surface area contributed by atoms with Crippen molar-refractivity contribution < 1.29 is 9.53 Å². The predicted molar refractivity (Wildman–Crippen MR) is 102 cm³/mol. The molecule has 0 aliphatic carbocycles. The Morgan fingerprint density at radius 3 is 2.78 bits per heavy atom. The van der Waals surface area contributed by atoms with E-state index in [1.807, 2.05) is 23.1 Å². The number of pyridine rings is 2. The van der Waals surface area contributed by atoms with Crippen molar-refractivity contribution in [2.45, 2.75) is 25.0 Å². The molecule has 0 N–H and O–H groups in total. The molecule has 1 atom stereocenters. The van der Waals surface area contributed by atoms with Crippen LogP contribution in [0.2, 0.25) is 0 Å². The van der Waals surface area contributed by atoms with Crippen LogP contribution in [0.3, 0.4) is 0 Å². The number of hydrogen-bond donors (Lipinski definition) is 0. The number of amides is 1. The Kier molecular flexibility index (Phi) is 5.18. The monoisotopic (exact) mass is 366 g/mol. The summed E-state index contributed by atoms with van der Waals surface area (Å²) in [6.45, 7) is 3.95. The summed E-state index contributed by atoms with van der Waals surface area (Å²) < 4.78 is 5.93. The lowest BCUT2D eigenvalue weighted by molar-refractivity contribution is -0.0769. The molecule has 0 saturated carbocycles. The van der Waals surface area contributed by atoms with Gasteiger partial charge in [-0.3, -0.25) is 19.7 Å². The van der Waals surface area contributed by atoms with Crippen LogP contribution in [0.4, 0.5) is 0 Å². The zero-order chi connectivity index (χ0) is 18.7. The number of carbonyl (C=O) groups excluding carboxylic acids is 1. The van der Waals surface area contributed by atoms with Gasteiger partial charge >= 0.3 is 0 Å². The number of likely N-dealkylation sites (tertiary alicyclic amines) is 2. The summed E-state index contributed by atoms with van der Waals surface area (Å²) in [6.07, 6.45) is 7.35. The summed E-state index contributed by atoms with van der Waals surface area (Å²) in [5.41, 5.74) is 1.78. The van der Waals surface area contributed by atoms with Gasteiger partial charge in [0, 0.05) is 37.2 Å². The highest BCUT2D eigenvalue weighted by atomic mass is 16.5. The van der Waals surface area contributed by atoms with Gasteiger partial charge in [0.25, 0.3) is 5.91 Å². The van der Waals surface area contributed by atoms with Crippen molar-refractivity contribution in [2.24, 2.45) is 5.92 Å². The van der Waals surface area contributed by atoms with Gasteiger partial charge in [-0.1, -0.05) is 6.07 Å². The Bertz CT molecular complexity index is 762. The average Bonchev–Trinajstić information content (AvgIpc) is 2.68. The van der Waals surface area contributed by atoms with Crippen molar-refractivity contribution in [3.63, 3.8) is 0 Å². The number of hydrogen-bond acceptors (Lipinski definition) is 5. The molecule has 4 heterocycles. The van der Waals surface area contributed by atoms with Crippen LogP contribution in [0.5, 0.6) is 0 Å². The van der Waals surface area contributed by atoms with Gasteiger partial charge in [0.05, 0.1) is 24.4 Å². The topological polar surface area (TPSA) is 58.6 Å². The van der Waals surface area contributed by atoms with E-state index in [-0.39, 0.29) is 11.4 Å². The first kappa shape index (κ1) is 18.1. The number of rotatable bonds is 5. The van der Waals surface area contributed by atoms with Crippen LogP contribution in [-0.4, -0.2) is 64.5 Å². The fourth-order valence-corrected chi connectivity index (χ4v) is 4.22. The highest BCUT2D eigenvalue weighted by Crippen LogP contribution is 2.38. The number of likely N-dealkylation sites (N-methyl/N-ethyl adjacent to an activating group) is 1. The van der Waals surface area contributed by atoms with E-state index >= 15 is 0 Å². The van der Waals surface area contributed by atoms with E-state index in [1.165, 1.54) is 0 Å². The van der Waals surface area contributed by atoms with Crippen molar-refractivity contribution in [1.82, 2.24) is 19.8 Å². The van der Waals surface area contributed by atoms with Crippen molar-refractivity contribution in [2.75, 3.05) is 33.3 Å². The molecule has 2 saturated heterocycles. The lowest BCUT2D eigenvalue weighted by atomic mass is 9.75. The van der Waals surface area contributed by atoms with Gasteiger partial charge in [0.15, 0.2) is 0 Å². The van der Waals surface area contributed by atoms with Crippen molar-refractivity contribution in [3.8, 4) is 0 Å². The molecule has 0 bridgehead atoms. The Morgan fingerprint density at radius 1 is 1.22 bits per heavy atom. The minimum atomic E-state index is 0.0972. The smallest absolute Gasteiger partial charge is 0.254 e. The molecule has 0 aromatic carbocycles. The van der Waals surface area contributed by atoms with Crippen LogP contribution in [-0.2, 0) is 11.3 Å². The molecule has 4 rings (SSSR count). The molecule has 1 spiro atoms. The molecule has 0 radical (unpaired) electrons. The molecule has 2 aliphatic heterocycles. The number of carbonyl (C=O) groups is 1. The van der Waals surface area contributed by atoms with Gasteiger partial charge in [-0.15, -0.1) is 0 Å². The van der Waals surface area contributed by atoms with Crippen molar-refractivity contribution >= 4 is 5.91 Å². The first-order valence-electron chi connectivity index (χ1n) is 9.54. The fraction of sp³-hybridized carbons (Fsp3) is 0.476. The minimum Gasteiger partial charge on any atom is -0.375 e. The largest absolute Gasteiger partial charge is 0.375 e. The van der Waals surface area contributed by atoms with E-state index in [1.54, 1.807) is 30.7 Å². The molecule has 1 unspecified atom stereocenters. The summed E-state index contributed by atoms with van der Waals surface area (Å²) in [4.78, 5) is 25.3. The molecular formula is C21H26N4O2. The first-order valence-corrected chi connectivity index (χ1v) is 9.54. The predicted octanol–water partition coefficient (Wildman–Crippen LogP) is 2.23. The van der Waals surface area contributed by atoms with Crippen LogP contribution in [0.25, 0.3) is 0 Å². The lowest BCUT2D eigenvalue weighted by Crippen LogP contribution is -2.72. The minimum absolute atomic E-state index is 0.0972. The highest BCUT2D eigenvalue weighted by molar-refractivity contribution is 5.94. The molecule has 142 valence electrons. The quantitative estimate of drug-likeness (QED) is 0.812. The standard InChI is InChI=1S/C21H26N4O2/c1-24-11-7-17(13-27-14-19-4-2-3-8-23-19)12-21(24)15-25(16-21)20(26)18-5-9-22-10-6-18/h2-6,8-10,17H,7,11-16H2,1H3. The third kappa shape index (κ3) is 3.87. The molecule has 2 aromatic heterocycles. The van der Waals surface area contributed by atoms with E-state index in [4.69, 9.17) is 4.74 Å². The Balaban J connectivity index is 1.30. The summed E-state index contributed by atoms with van der Waals surface area (Å²) in [6, 6.07) is 9.46. The zero-order valence-electron chi connectivity index (χ0n) is 15.8. The number of ether oxygens (including phenoxy) is 1. The van der Waals surface area contributed by atoms with Gasteiger partial charge in [0.1, 0.15) is 0 Å². The van der Waals surface area contributed by atoms with E-state index in [2.05, 4.69) is 21.9 Å². The maximum Gasteiger partial charge on any atom is 0.254 e. The average molecular weight is 366 g/mol. The summed E-state index contributed by atoms with van der Waals surface area (Å²) >= 11 is 0. The second-order valence-electron chi connectivity index (χ2n) is 7.74. The van der Waals surface area contributed by atoms with E-state index in [9.17, 15) is 4.79 Å². The second kappa shape index (κ2) is 7.74. The normalized spacial score (nSPS) is 21.8. The Hall–Kier alpha value is -2.31. The summed E-state index contributed by atoms with van der Waals surface area (Å²) in [7, 11) is 2.18. The molecule has 2 aliphatic rings. The molecule has 2 aromatic rings. The molecule has 6 heteroatoms. The fourth-order valence-electron chi connectivity index (χ4n) is 4.22. The van der Waals surface area contributed by atoms with E-state index in [0.717, 1.165) is 44.8 Å². The van der Waals surface area contributed by atoms with Gasteiger partial charge in [0.2, 0.25) is 0 Å². The lowest BCUT2D eigenvalue weighted by Gasteiger charge is -2.58. The Labute approximate surface area is 160 Å². The number of aromatic nitrogens is 2. The van der Waals surface area contributed by atoms with Gasteiger partial charge in [-0.2, -0.15) is 0 Å². The van der Waals surface area contributed by atoms with E-state index < -0.39 is 0 Å². The van der Waals surface area contributed by atoms with Crippen LogP contribution in [0, 0.1) is 5.92 Å². The van der Waals surface area contributed by atoms with E-state index in [0.29, 0.717) is 18.1 Å². The van der Waals surface area contributed by atoms with Gasteiger partial charge < -0.3 is 9.64 Å². The van der Waals surface area contributed by atoms with Crippen LogP contribution in [0.1, 0.15) is 28.9 Å². The molecule has 2 fully saturated rings. The third-order valence-corrected chi connectivity index (χ3v) is 5.87. The zero-order valence-corrected chi connectivity index (χ0v) is 15.8. The third-order valence-electron chi connectivity index (χ3n) is 5.87. The van der Waals surface area contributed by atoms with Gasteiger partial charge in [-0.05, 0) is 56.6 Å². The highest BCUT2D eigenvalue weighted by Gasteiger charge is 2.50. The van der Waals surface area contributed by atoms with Crippen molar-refractivity contribution in [1.29, 1.82) is 0 Å². The molecule has 27 heavy (non-hydrogen) atoms. The number of nitrogens with zero attached hydrogens (tertiary/aromatic N) is 4. The van der Waals surface area contributed by atoms with Crippen LogP contribution < -0.4 is 0 Å².